The van der Waals surface area contributed by atoms with Crippen molar-refractivity contribution < 1.29 is 27.4 Å². The van der Waals surface area contributed by atoms with E-state index in [1.165, 1.54) is 35.2 Å². The van der Waals surface area contributed by atoms with Gasteiger partial charge in [0.25, 0.3) is 5.56 Å². The molecule has 0 fully saturated rings. The van der Waals surface area contributed by atoms with Crippen molar-refractivity contribution in [2.24, 2.45) is 0 Å². The van der Waals surface area contributed by atoms with Crippen LogP contribution in [0.1, 0.15) is 11.1 Å². The zero-order valence-corrected chi connectivity index (χ0v) is 15.8. The number of nitrogens with zero attached hydrogens (tertiary/aromatic N) is 2. The molecule has 3 aromatic carbocycles. The second kappa shape index (κ2) is 8.19. The van der Waals surface area contributed by atoms with Gasteiger partial charge >= 0.3 is 0 Å². The summed E-state index contributed by atoms with van der Waals surface area (Å²) in [4.78, 5) is 16.0. The normalized spacial score (nSPS) is 11.1. The molecule has 0 aliphatic heterocycles. The number of benzene rings is 3. The van der Waals surface area contributed by atoms with Crippen LogP contribution in [-0.2, 0) is 13.2 Å². The lowest BCUT2D eigenvalue weighted by Gasteiger charge is -2.13. The summed E-state index contributed by atoms with van der Waals surface area (Å²) in [6, 6.07) is 9.15. The van der Waals surface area contributed by atoms with E-state index in [-0.39, 0.29) is 28.8 Å². The van der Waals surface area contributed by atoms with E-state index >= 15 is 0 Å². The Morgan fingerprint density at radius 3 is 2.35 bits per heavy atom. The van der Waals surface area contributed by atoms with Crippen LogP contribution < -0.4 is 10.3 Å². The van der Waals surface area contributed by atoms with Crippen molar-refractivity contribution in [1.82, 2.24) is 9.55 Å². The first kappa shape index (κ1) is 20.5. The third kappa shape index (κ3) is 4.13. The van der Waals surface area contributed by atoms with Gasteiger partial charge in [-0.05, 0) is 42.0 Å². The molecule has 9 heteroatoms. The van der Waals surface area contributed by atoms with Gasteiger partial charge < -0.3 is 14.4 Å². The van der Waals surface area contributed by atoms with Gasteiger partial charge in [0, 0.05) is 11.6 Å². The van der Waals surface area contributed by atoms with Crippen LogP contribution in [0.4, 0.5) is 17.6 Å². The summed E-state index contributed by atoms with van der Waals surface area (Å²) in [5.41, 5.74) is -0.0249. The van der Waals surface area contributed by atoms with Crippen LogP contribution in [-0.4, -0.2) is 14.7 Å². The second-order valence-electron chi connectivity index (χ2n) is 6.74. The van der Waals surface area contributed by atoms with Gasteiger partial charge in [0.05, 0.1) is 30.4 Å². The zero-order chi connectivity index (χ0) is 22.1. The SMILES string of the molecule is O=c1ncn(Cc2ccc(F)cc2F)c2ccc(Oc3c(F)cc(CO)cc3F)cc12. The quantitative estimate of drug-likeness (QED) is 0.480. The summed E-state index contributed by atoms with van der Waals surface area (Å²) < 4.78 is 62.2. The molecule has 1 aromatic heterocycles. The highest BCUT2D eigenvalue weighted by Crippen LogP contribution is 2.30. The number of halogens is 4. The number of ether oxygens (including phenoxy) is 1. The summed E-state index contributed by atoms with van der Waals surface area (Å²) in [6.45, 7) is -0.564. The number of aliphatic hydroxyl groups excluding tert-OH is 1. The molecule has 0 amide bonds. The largest absolute Gasteiger partial charge is 0.451 e. The molecule has 0 bridgehead atoms. The topological polar surface area (TPSA) is 64.4 Å². The number of rotatable bonds is 5. The van der Waals surface area contributed by atoms with Crippen molar-refractivity contribution in [3.05, 3.63) is 99.6 Å². The van der Waals surface area contributed by atoms with Crippen LogP contribution in [0.2, 0.25) is 0 Å². The molecular weight excluding hydrogens is 416 g/mol. The Morgan fingerprint density at radius 1 is 0.935 bits per heavy atom. The molecule has 1 N–H and O–H groups in total. The first-order valence-electron chi connectivity index (χ1n) is 9.05. The summed E-state index contributed by atoms with van der Waals surface area (Å²) in [7, 11) is 0. The molecule has 5 nitrogen and oxygen atoms in total. The van der Waals surface area contributed by atoms with Crippen molar-refractivity contribution in [3.63, 3.8) is 0 Å². The third-order valence-corrected chi connectivity index (χ3v) is 4.64. The average molecular weight is 430 g/mol. The molecule has 0 spiro atoms. The van der Waals surface area contributed by atoms with Crippen LogP contribution in [0.15, 0.2) is 59.7 Å². The molecular formula is C22H14F4N2O3. The molecule has 4 rings (SSSR count). The highest BCUT2D eigenvalue weighted by atomic mass is 19.1. The third-order valence-electron chi connectivity index (χ3n) is 4.64. The molecule has 31 heavy (non-hydrogen) atoms. The van der Waals surface area contributed by atoms with Crippen LogP contribution in [0.3, 0.4) is 0 Å². The molecule has 0 unspecified atom stereocenters. The van der Waals surface area contributed by atoms with Crippen molar-refractivity contribution in [3.8, 4) is 11.5 Å². The maximum Gasteiger partial charge on any atom is 0.280 e. The lowest BCUT2D eigenvalue weighted by atomic mass is 10.2. The molecule has 0 saturated carbocycles. The Hall–Kier alpha value is -3.72. The average Bonchev–Trinajstić information content (AvgIpc) is 2.74. The van der Waals surface area contributed by atoms with Crippen molar-refractivity contribution in [2.45, 2.75) is 13.2 Å². The van der Waals surface area contributed by atoms with Gasteiger partial charge in [0.15, 0.2) is 17.4 Å². The van der Waals surface area contributed by atoms with E-state index in [1.807, 2.05) is 0 Å². The number of hydrogen-bond donors (Lipinski definition) is 1. The molecule has 1 heterocycles. The second-order valence-corrected chi connectivity index (χ2v) is 6.74. The molecule has 0 aliphatic carbocycles. The van der Waals surface area contributed by atoms with Crippen LogP contribution in [0.25, 0.3) is 10.9 Å². The maximum atomic E-state index is 14.1. The Bertz CT molecular complexity index is 1330. The van der Waals surface area contributed by atoms with Crippen molar-refractivity contribution in [1.29, 1.82) is 0 Å². The Balaban J connectivity index is 1.72. The van der Waals surface area contributed by atoms with Gasteiger partial charge in [-0.1, -0.05) is 6.07 Å². The predicted octanol–water partition coefficient (Wildman–Crippen LogP) is 4.29. The Labute approximate surface area is 172 Å². The number of fused-ring (bicyclic) bond motifs is 1. The van der Waals surface area contributed by atoms with E-state index < -0.39 is 41.2 Å². The van der Waals surface area contributed by atoms with Gasteiger partial charge in [-0.15, -0.1) is 0 Å². The van der Waals surface area contributed by atoms with Crippen LogP contribution in [0.5, 0.6) is 11.5 Å². The standard InChI is InChI=1S/C22H14F4N2O3/c23-14-2-1-13(17(24)7-14)9-28-11-27-22(30)16-8-15(3-4-20(16)28)31-21-18(25)5-12(10-29)6-19(21)26/h1-8,11,29H,9-10H2. The van der Waals surface area contributed by atoms with E-state index in [9.17, 15) is 22.4 Å². The smallest absolute Gasteiger partial charge is 0.280 e. The van der Waals surface area contributed by atoms with Crippen molar-refractivity contribution >= 4 is 10.9 Å². The molecule has 0 radical (unpaired) electrons. The molecule has 158 valence electrons. The monoisotopic (exact) mass is 430 g/mol. The Kier molecular flexibility index (Phi) is 5.43. The van der Waals surface area contributed by atoms with Gasteiger partial charge in [-0.2, -0.15) is 4.98 Å². The minimum atomic E-state index is -1.01. The summed E-state index contributed by atoms with van der Waals surface area (Å²) in [6.07, 6.45) is 1.22. The first-order chi connectivity index (χ1) is 14.9. The lowest BCUT2D eigenvalue weighted by Crippen LogP contribution is -2.13. The Morgan fingerprint density at radius 2 is 1.68 bits per heavy atom. The van der Waals surface area contributed by atoms with Crippen LogP contribution in [0, 0.1) is 23.3 Å². The van der Waals surface area contributed by atoms with E-state index in [4.69, 9.17) is 9.84 Å². The summed E-state index contributed by atoms with van der Waals surface area (Å²) >= 11 is 0. The first-order valence-corrected chi connectivity index (χ1v) is 9.05. The summed E-state index contributed by atoms with van der Waals surface area (Å²) in [5, 5.41) is 9.10. The van der Waals surface area contributed by atoms with Gasteiger partial charge in [-0.3, -0.25) is 4.79 Å². The molecule has 0 atom stereocenters. The van der Waals surface area contributed by atoms with Gasteiger partial charge in [0.1, 0.15) is 17.4 Å². The molecule has 4 aromatic rings. The van der Waals surface area contributed by atoms with E-state index in [0.717, 1.165) is 24.3 Å². The minimum Gasteiger partial charge on any atom is -0.451 e. The van der Waals surface area contributed by atoms with E-state index in [0.29, 0.717) is 5.52 Å². The zero-order valence-electron chi connectivity index (χ0n) is 15.8. The number of aromatic nitrogens is 2. The predicted molar refractivity (Wildman–Crippen MR) is 104 cm³/mol. The van der Waals surface area contributed by atoms with E-state index in [2.05, 4.69) is 4.98 Å². The van der Waals surface area contributed by atoms with Gasteiger partial charge in [0.2, 0.25) is 0 Å². The van der Waals surface area contributed by atoms with E-state index in [1.54, 1.807) is 0 Å². The minimum absolute atomic E-state index is 0.0216. The fourth-order valence-corrected chi connectivity index (χ4v) is 3.13. The highest BCUT2D eigenvalue weighted by Gasteiger charge is 2.15. The highest BCUT2D eigenvalue weighted by molar-refractivity contribution is 5.79. The summed E-state index contributed by atoms with van der Waals surface area (Å²) in [5.74, 6) is -4.19. The molecule has 0 aliphatic rings. The number of aliphatic hydroxyl groups is 1. The number of hydrogen-bond acceptors (Lipinski definition) is 4. The van der Waals surface area contributed by atoms with Crippen molar-refractivity contribution in [2.75, 3.05) is 0 Å². The maximum absolute atomic E-state index is 14.1. The fourth-order valence-electron chi connectivity index (χ4n) is 3.13. The van der Waals surface area contributed by atoms with Gasteiger partial charge in [-0.25, -0.2) is 17.6 Å². The lowest BCUT2D eigenvalue weighted by molar-refractivity contribution is 0.279. The van der Waals surface area contributed by atoms with Crippen LogP contribution >= 0.6 is 0 Å². The fraction of sp³-hybridized carbons (Fsp3) is 0.0909. The molecule has 0 saturated heterocycles.